The Hall–Kier alpha value is -1.24. The van der Waals surface area contributed by atoms with Crippen molar-refractivity contribution in [1.82, 2.24) is 10.2 Å². The molecule has 1 aromatic carbocycles. The molecule has 0 spiro atoms. The molecule has 4 nitrogen and oxygen atoms in total. The number of rotatable bonds is 6. The summed E-state index contributed by atoms with van der Waals surface area (Å²) < 4.78 is 5.62. The molecule has 1 rings (SSSR count). The van der Waals surface area contributed by atoms with Gasteiger partial charge in [0, 0.05) is 26.2 Å². The Balaban J connectivity index is 0.00000361. The van der Waals surface area contributed by atoms with Crippen LogP contribution in [0.1, 0.15) is 12.5 Å². The van der Waals surface area contributed by atoms with E-state index in [1.54, 1.807) is 6.08 Å². The SMILES string of the molecule is C=CCOc1ccccc1CN=C(NCC)N(C)C.I. The normalized spacial score (nSPS) is 10.4. The first kappa shape index (κ1) is 18.8. The number of guanidine groups is 1. The van der Waals surface area contributed by atoms with E-state index in [1.807, 2.05) is 43.3 Å². The van der Waals surface area contributed by atoms with Crippen molar-refractivity contribution in [3.05, 3.63) is 42.5 Å². The van der Waals surface area contributed by atoms with Crippen LogP contribution < -0.4 is 10.1 Å². The molecule has 0 aliphatic rings. The highest BCUT2D eigenvalue weighted by Crippen LogP contribution is 2.18. The van der Waals surface area contributed by atoms with Gasteiger partial charge < -0.3 is 15.0 Å². The fourth-order valence-electron chi connectivity index (χ4n) is 1.60. The van der Waals surface area contributed by atoms with Gasteiger partial charge in [-0.2, -0.15) is 0 Å². The average molecular weight is 389 g/mol. The van der Waals surface area contributed by atoms with Gasteiger partial charge in [-0.15, -0.1) is 24.0 Å². The van der Waals surface area contributed by atoms with Crippen LogP contribution in [-0.4, -0.2) is 38.1 Å². The molecule has 112 valence electrons. The number of nitrogens with zero attached hydrogens (tertiary/aromatic N) is 2. The lowest BCUT2D eigenvalue weighted by atomic mass is 10.2. The molecular weight excluding hydrogens is 365 g/mol. The predicted octanol–water partition coefficient (Wildman–Crippen LogP) is 2.90. The summed E-state index contributed by atoms with van der Waals surface area (Å²) in [5, 5.41) is 3.23. The van der Waals surface area contributed by atoms with E-state index in [9.17, 15) is 0 Å². The average Bonchev–Trinajstić information content (AvgIpc) is 2.41. The van der Waals surface area contributed by atoms with Gasteiger partial charge in [0.05, 0.1) is 6.54 Å². The molecule has 0 atom stereocenters. The van der Waals surface area contributed by atoms with Crippen LogP contribution >= 0.6 is 24.0 Å². The lowest BCUT2D eigenvalue weighted by molar-refractivity contribution is 0.359. The van der Waals surface area contributed by atoms with Gasteiger partial charge in [-0.25, -0.2) is 4.99 Å². The molecule has 0 heterocycles. The van der Waals surface area contributed by atoms with Gasteiger partial charge in [-0.05, 0) is 13.0 Å². The second kappa shape index (κ2) is 10.5. The van der Waals surface area contributed by atoms with E-state index in [-0.39, 0.29) is 24.0 Å². The van der Waals surface area contributed by atoms with Crippen molar-refractivity contribution in [3.63, 3.8) is 0 Å². The number of hydrogen-bond acceptors (Lipinski definition) is 2. The van der Waals surface area contributed by atoms with Crippen LogP contribution in [0.5, 0.6) is 5.75 Å². The zero-order valence-electron chi connectivity index (χ0n) is 12.4. The molecule has 0 aliphatic heterocycles. The minimum Gasteiger partial charge on any atom is -0.489 e. The fourth-order valence-corrected chi connectivity index (χ4v) is 1.60. The van der Waals surface area contributed by atoms with Crippen molar-refractivity contribution in [2.24, 2.45) is 4.99 Å². The maximum Gasteiger partial charge on any atom is 0.193 e. The van der Waals surface area contributed by atoms with E-state index in [0.29, 0.717) is 13.2 Å². The molecule has 0 fully saturated rings. The Bertz CT molecular complexity index is 433. The molecule has 5 heteroatoms. The number of benzene rings is 1. The Labute approximate surface area is 138 Å². The summed E-state index contributed by atoms with van der Waals surface area (Å²) in [5.74, 6) is 1.74. The summed E-state index contributed by atoms with van der Waals surface area (Å²) in [6.45, 7) is 7.67. The number of halogens is 1. The van der Waals surface area contributed by atoms with E-state index in [0.717, 1.165) is 23.8 Å². The van der Waals surface area contributed by atoms with Gasteiger partial charge >= 0.3 is 0 Å². The molecule has 0 unspecified atom stereocenters. The third-order valence-electron chi connectivity index (χ3n) is 2.49. The molecule has 0 aliphatic carbocycles. The van der Waals surface area contributed by atoms with Crippen molar-refractivity contribution in [2.45, 2.75) is 13.5 Å². The third-order valence-corrected chi connectivity index (χ3v) is 2.49. The number of para-hydroxylation sites is 1. The van der Waals surface area contributed by atoms with Gasteiger partial charge in [-0.3, -0.25) is 0 Å². The first-order chi connectivity index (χ1) is 9.19. The van der Waals surface area contributed by atoms with Gasteiger partial charge in [-0.1, -0.05) is 30.9 Å². The molecule has 1 N–H and O–H groups in total. The van der Waals surface area contributed by atoms with E-state index < -0.39 is 0 Å². The molecule has 20 heavy (non-hydrogen) atoms. The topological polar surface area (TPSA) is 36.9 Å². The molecule has 0 saturated carbocycles. The number of aliphatic imine (C=N–C) groups is 1. The Morgan fingerprint density at radius 1 is 1.40 bits per heavy atom. The number of ether oxygens (including phenoxy) is 1. The quantitative estimate of drug-likeness (QED) is 0.352. The molecule has 1 aromatic rings. The predicted molar refractivity (Wildman–Crippen MR) is 96.1 cm³/mol. The van der Waals surface area contributed by atoms with E-state index in [2.05, 4.69) is 23.8 Å². The van der Waals surface area contributed by atoms with Crippen molar-refractivity contribution in [1.29, 1.82) is 0 Å². The van der Waals surface area contributed by atoms with Gasteiger partial charge in [0.1, 0.15) is 12.4 Å². The van der Waals surface area contributed by atoms with Crippen LogP contribution in [-0.2, 0) is 6.54 Å². The summed E-state index contributed by atoms with van der Waals surface area (Å²) >= 11 is 0. The van der Waals surface area contributed by atoms with E-state index in [1.165, 1.54) is 0 Å². The monoisotopic (exact) mass is 389 g/mol. The minimum absolute atomic E-state index is 0. The maximum atomic E-state index is 5.62. The number of nitrogens with one attached hydrogen (secondary N) is 1. The first-order valence-corrected chi connectivity index (χ1v) is 6.46. The molecular formula is C15H24IN3O. The van der Waals surface area contributed by atoms with Crippen LogP contribution in [0.3, 0.4) is 0 Å². The van der Waals surface area contributed by atoms with Gasteiger partial charge in [0.2, 0.25) is 0 Å². The van der Waals surface area contributed by atoms with E-state index >= 15 is 0 Å². The summed E-state index contributed by atoms with van der Waals surface area (Å²) in [5.41, 5.74) is 1.07. The van der Waals surface area contributed by atoms with E-state index in [4.69, 9.17) is 4.74 Å². The van der Waals surface area contributed by atoms with Gasteiger partial charge in [0.25, 0.3) is 0 Å². The lowest BCUT2D eigenvalue weighted by Crippen LogP contribution is -2.36. The zero-order chi connectivity index (χ0) is 14.1. The molecule has 0 radical (unpaired) electrons. The lowest BCUT2D eigenvalue weighted by Gasteiger charge is -2.17. The first-order valence-electron chi connectivity index (χ1n) is 6.46. The maximum absolute atomic E-state index is 5.62. The summed E-state index contributed by atoms with van der Waals surface area (Å²) in [6, 6.07) is 7.94. The van der Waals surface area contributed by atoms with Crippen molar-refractivity contribution >= 4 is 29.9 Å². The molecule has 0 saturated heterocycles. The van der Waals surface area contributed by atoms with Crippen LogP contribution in [0.25, 0.3) is 0 Å². The second-order valence-electron chi connectivity index (χ2n) is 4.27. The smallest absolute Gasteiger partial charge is 0.193 e. The zero-order valence-corrected chi connectivity index (χ0v) is 14.8. The minimum atomic E-state index is 0. The van der Waals surface area contributed by atoms with Crippen LogP contribution in [0.2, 0.25) is 0 Å². The third kappa shape index (κ3) is 6.27. The van der Waals surface area contributed by atoms with Crippen LogP contribution in [0.15, 0.2) is 41.9 Å². The summed E-state index contributed by atoms with van der Waals surface area (Å²) in [4.78, 5) is 6.55. The Morgan fingerprint density at radius 3 is 2.70 bits per heavy atom. The molecule has 0 amide bonds. The highest BCUT2D eigenvalue weighted by atomic mass is 127. The van der Waals surface area contributed by atoms with Crippen LogP contribution in [0.4, 0.5) is 0 Å². The van der Waals surface area contributed by atoms with Crippen molar-refractivity contribution in [3.8, 4) is 5.75 Å². The molecule has 0 aromatic heterocycles. The second-order valence-corrected chi connectivity index (χ2v) is 4.27. The van der Waals surface area contributed by atoms with Gasteiger partial charge in [0.15, 0.2) is 5.96 Å². The Morgan fingerprint density at radius 2 is 2.10 bits per heavy atom. The summed E-state index contributed by atoms with van der Waals surface area (Å²) in [6.07, 6.45) is 1.74. The largest absolute Gasteiger partial charge is 0.489 e. The standard InChI is InChI=1S/C15H23N3O.HI/c1-5-11-19-14-10-8-7-9-13(14)12-17-15(16-6-2)18(3)4;/h5,7-10H,1,6,11-12H2,2-4H3,(H,16,17);1H. The Kier molecular flexibility index (Phi) is 9.88. The van der Waals surface area contributed by atoms with Crippen molar-refractivity contribution < 1.29 is 4.74 Å². The summed E-state index contributed by atoms with van der Waals surface area (Å²) in [7, 11) is 3.95. The highest BCUT2D eigenvalue weighted by molar-refractivity contribution is 14.0. The highest BCUT2D eigenvalue weighted by Gasteiger charge is 2.04. The van der Waals surface area contributed by atoms with Crippen molar-refractivity contribution in [2.75, 3.05) is 27.2 Å². The fraction of sp³-hybridized carbons (Fsp3) is 0.400. The number of hydrogen-bond donors (Lipinski definition) is 1. The molecule has 0 bridgehead atoms. The van der Waals surface area contributed by atoms with Crippen LogP contribution in [0, 0.1) is 0 Å².